The highest BCUT2D eigenvalue weighted by atomic mass is 16.5. The van der Waals surface area contributed by atoms with Crippen molar-refractivity contribution in [1.82, 2.24) is 5.32 Å². The smallest absolute Gasteiger partial charge is 0.305 e. The number of aliphatic hydroxyl groups is 2. The molecular weight excluding hydrogens is 815 g/mol. The minimum Gasteiger partial charge on any atom is -0.466 e. The van der Waals surface area contributed by atoms with Gasteiger partial charge in [-0.1, -0.05) is 249 Å². The summed E-state index contributed by atoms with van der Waals surface area (Å²) in [5.41, 5.74) is 0. The maximum absolute atomic E-state index is 12.4. The molecule has 0 aliphatic rings. The molecule has 0 aromatic heterocycles. The molecule has 0 aromatic rings. The minimum absolute atomic E-state index is 0.000136. The summed E-state index contributed by atoms with van der Waals surface area (Å²) in [5.74, 6) is -0.0396. The molecule has 0 saturated carbocycles. The normalized spacial score (nSPS) is 12.8. The third kappa shape index (κ3) is 51.5. The predicted molar refractivity (Wildman–Crippen MR) is 287 cm³/mol. The summed E-state index contributed by atoms with van der Waals surface area (Å²) in [6.45, 7) is 4.91. The lowest BCUT2D eigenvalue weighted by Crippen LogP contribution is -2.45. The van der Waals surface area contributed by atoms with Gasteiger partial charge in [0.25, 0.3) is 0 Å². The Kier molecular flexibility index (Phi) is 54.1. The van der Waals surface area contributed by atoms with Crippen molar-refractivity contribution in [3.63, 3.8) is 0 Å². The molecule has 0 fully saturated rings. The average Bonchev–Trinajstić information content (AvgIpc) is 3.32. The van der Waals surface area contributed by atoms with Gasteiger partial charge in [0.1, 0.15) is 0 Å². The molecule has 0 aromatic carbocycles. The van der Waals surface area contributed by atoms with Gasteiger partial charge < -0.3 is 20.3 Å². The quantitative estimate of drug-likeness (QED) is 0.0321. The second-order valence-corrected chi connectivity index (χ2v) is 20.0. The number of amides is 1. The highest BCUT2D eigenvalue weighted by Gasteiger charge is 2.20. The van der Waals surface area contributed by atoms with Crippen LogP contribution in [-0.2, 0) is 14.3 Å². The van der Waals surface area contributed by atoms with E-state index in [1.807, 2.05) is 0 Å². The van der Waals surface area contributed by atoms with E-state index in [2.05, 4.69) is 55.6 Å². The van der Waals surface area contributed by atoms with E-state index in [4.69, 9.17) is 4.74 Å². The minimum atomic E-state index is -0.664. The van der Waals surface area contributed by atoms with Gasteiger partial charge in [0, 0.05) is 12.8 Å². The topological polar surface area (TPSA) is 95.9 Å². The van der Waals surface area contributed by atoms with E-state index in [0.717, 1.165) is 51.4 Å². The summed E-state index contributed by atoms with van der Waals surface area (Å²) in [7, 11) is 0. The van der Waals surface area contributed by atoms with Crippen molar-refractivity contribution in [3.8, 4) is 0 Å². The van der Waals surface area contributed by atoms with Crippen molar-refractivity contribution in [1.29, 1.82) is 0 Å². The van der Waals surface area contributed by atoms with E-state index >= 15 is 0 Å². The van der Waals surface area contributed by atoms with Crippen molar-refractivity contribution in [2.24, 2.45) is 0 Å². The lowest BCUT2D eigenvalue weighted by atomic mass is 10.0. The third-order valence-corrected chi connectivity index (χ3v) is 13.4. The second kappa shape index (κ2) is 55.7. The van der Waals surface area contributed by atoms with Gasteiger partial charge in [0.2, 0.25) is 5.91 Å². The van der Waals surface area contributed by atoms with Crippen LogP contribution in [0.1, 0.15) is 309 Å². The summed E-state index contributed by atoms with van der Waals surface area (Å²) < 4.78 is 5.46. The predicted octanol–water partition coefficient (Wildman–Crippen LogP) is 18.0. The molecule has 0 bridgehead atoms. The highest BCUT2D eigenvalue weighted by Crippen LogP contribution is 2.16. The molecule has 2 atom stereocenters. The molecule has 0 radical (unpaired) electrons. The van der Waals surface area contributed by atoms with E-state index in [9.17, 15) is 19.8 Å². The summed E-state index contributed by atoms with van der Waals surface area (Å²) in [6.07, 6.45) is 68.7. The Morgan fingerprint density at radius 2 is 0.758 bits per heavy atom. The largest absolute Gasteiger partial charge is 0.466 e. The summed E-state index contributed by atoms with van der Waals surface area (Å²) in [5, 5.41) is 23.1. The van der Waals surface area contributed by atoms with Gasteiger partial charge in [-0.25, -0.2) is 0 Å². The van der Waals surface area contributed by atoms with Crippen LogP contribution in [0.25, 0.3) is 0 Å². The second-order valence-electron chi connectivity index (χ2n) is 20.0. The first-order valence-corrected chi connectivity index (χ1v) is 29.2. The van der Waals surface area contributed by atoms with Crippen LogP contribution >= 0.6 is 0 Å². The zero-order chi connectivity index (χ0) is 47.9. The molecule has 0 heterocycles. The lowest BCUT2D eigenvalue weighted by Gasteiger charge is -2.22. The molecule has 2 unspecified atom stereocenters. The standard InChI is InChI=1S/C60H113NO5/c1-3-5-7-9-11-13-15-34-38-42-46-50-54-60(65)66-55-51-47-43-39-35-32-30-28-26-24-22-20-18-16-17-19-21-23-25-27-29-31-33-37-41-45-49-53-59(64)61-57(56-62)58(63)52-48-44-40-36-14-12-10-8-6-4-2/h11,13,16-17,20,22,57-58,62-63H,3-10,12,14-15,18-19,21,23-56H2,1-2H3,(H,61,64)/b13-11-,17-16-,22-20-. The van der Waals surface area contributed by atoms with Crippen LogP contribution < -0.4 is 5.32 Å². The van der Waals surface area contributed by atoms with Gasteiger partial charge in [-0.3, -0.25) is 9.59 Å². The maximum atomic E-state index is 12.4. The van der Waals surface area contributed by atoms with Crippen LogP contribution in [0, 0.1) is 0 Å². The number of nitrogens with one attached hydrogen (secondary N) is 1. The fourth-order valence-electron chi connectivity index (χ4n) is 8.90. The van der Waals surface area contributed by atoms with E-state index in [-0.39, 0.29) is 18.5 Å². The summed E-state index contributed by atoms with van der Waals surface area (Å²) in [6, 6.07) is -0.542. The van der Waals surface area contributed by atoms with Crippen LogP contribution in [0.4, 0.5) is 0 Å². The molecule has 66 heavy (non-hydrogen) atoms. The molecule has 0 spiro atoms. The first kappa shape index (κ1) is 64.1. The molecular formula is C60H113NO5. The maximum Gasteiger partial charge on any atom is 0.305 e. The zero-order valence-corrected chi connectivity index (χ0v) is 44.2. The van der Waals surface area contributed by atoms with E-state index in [1.54, 1.807) is 0 Å². The van der Waals surface area contributed by atoms with Crippen molar-refractivity contribution >= 4 is 11.9 Å². The molecule has 0 aliphatic carbocycles. The Hall–Kier alpha value is -1.92. The summed E-state index contributed by atoms with van der Waals surface area (Å²) in [4.78, 5) is 24.4. The van der Waals surface area contributed by atoms with Crippen molar-refractivity contribution < 1.29 is 24.5 Å². The van der Waals surface area contributed by atoms with Gasteiger partial charge in [-0.05, 0) is 83.5 Å². The average molecular weight is 929 g/mol. The van der Waals surface area contributed by atoms with E-state index < -0.39 is 12.1 Å². The molecule has 1 amide bonds. The fraction of sp³-hybridized carbons (Fsp3) is 0.867. The Balaban J connectivity index is 3.41. The van der Waals surface area contributed by atoms with Crippen LogP contribution in [-0.4, -0.2) is 47.4 Å². The Labute approximate surface area is 411 Å². The number of unbranched alkanes of at least 4 members (excludes halogenated alkanes) is 37. The number of aliphatic hydroxyl groups excluding tert-OH is 2. The molecule has 3 N–H and O–H groups in total. The number of carbonyl (C=O) groups is 2. The van der Waals surface area contributed by atoms with E-state index in [0.29, 0.717) is 25.9 Å². The number of esters is 1. The number of rotatable bonds is 54. The van der Waals surface area contributed by atoms with Gasteiger partial charge in [-0.2, -0.15) is 0 Å². The number of ether oxygens (including phenoxy) is 1. The van der Waals surface area contributed by atoms with Crippen LogP contribution in [0.15, 0.2) is 36.5 Å². The molecule has 0 aliphatic heterocycles. The van der Waals surface area contributed by atoms with Crippen molar-refractivity contribution in [2.75, 3.05) is 13.2 Å². The molecule has 388 valence electrons. The Morgan fingerprint density at radius 1 is 0.424 bits per heavy atom. The molecule has 0 saturated heterocycles. The van der Waals surface area contributed by atoms with Gasteiger partial charge in [0.15, 0.2) is 0 Å². The van der Waals surface area contributed by atoms with Crippen LogP contribution in [0.5, 0.6) is 0 Å². The van der Waals surface area contributed by atoms with Gasteiger partial charge in [-0.15, -0.1) is 0 Å². The third-order valence-electron chi connectivity index (χ3n) is 13.4. The van der Waals surface area contributed by atoms with E-state index in [1.165, 1.54) is 225 Å². The monoisotopic (exact) mass is 928 g/mol. The lowest BCUT2D eigenvalue weighted by molar-refractivity contribution is -0.143. The Bertz CT molecular complexity index is 1070. The van der Waals surface area contributed by atoms with Crippen LogP contribution in [0.2, 0.25) is 0 Å². The SMILES string of the molecule is CCCCC/C=C\CCCCCCCC(=O)OCCCCCCCCCCC/C=C\C/C=C\CCCCCCCCCCCCCC(=O)NC(CO)C(O)CCCCCCCCCCCC. The highest BCUT2D eigenvalue weighted by molar-refractivity contribution is 5.76. The van der Waals surface area contributed by atoms with Crippen LogP contribution in [0.3, 0.4) is 0 Å². The first-order chi connectivity index (χ1) is 32.5. The number of allylic oxidation sites excluding steroid dienone is 6. The number of hydrogen-bond donors (Lipinski definition) is 3. The number of carbonyl (C=O) groups excluding carboxylic acids is 2. The van der Waals surface area contributed by atoms with Crippen molar-refractivity contribution in [3.05, 3.63) is 36.5 Å². The van der Waals surface area contributed by atoms with Crippen molar-refractivity contribution in [2.45, 2.75) is 321 Å². The molecule has 0 rings (SSSR count). The number of hydrogen-bond acceptors (Lipinski definition) is 5. The summed E-state index contributed by atoms with van der Waals surface area (Å²) >= 11 is 0. The zero-order valence-electron chi connectivity index (χ0n) is 44.2. The Morgan fingerprint density at radius 3 is 1.20 bits per heavy atom. The first-order valence-electron chi connectivity index (χ1n) is 29.2. The van der Waals surface area contributed by atoms with Gasteiger partial charge >= 0.3 is 5.97 Å². The molecule has 6 nitrogen and oxygen atoms in total. The molecule has 6 heteroatoms. The fourth-order valence-corrected chi connectivity index (χ4v) is 8.90. The van der Waals surface area contributed by atoms with Gasteiger partial charge in [0.05, 0.1) is 25.4 Å².